The van der Waals surface area contributed by atoms with E-state index in [9.17, 15) is 41.9 Å². The summed E-state index contributed by atoms with van der Waals surface area (Å²) in [5.41, 5.74) is 0. The van der Waals surface area contributed by atoms with Crippen molar-refractivity contribution in [2.45, 2.75) is 239 Å². The maximum atomic E-state index is 13.3. The van der Waals surface area contributed by atoms with Gasteiger partial charge < -0.3 is 38.8 Å². The molecule has 2 atom stereocenters. The molecule has 0 unspecified atom stereocenters. The summed E-state index contributed by atoms with van der Waals surface area (Å²) in [5, 5.41) is 10.2. The molecular weight excluding hydrogens is 920 g/mol. The Morgan fingerprint density at radius 3 is 0.886 bits per heavy atom. The molecule has 0 aliphatic carbocycles. The molecule has 0 spiro atoms. The summed E-state index contributed by atoms with van der Waals surface area (Å²) in [7, 11) is 0. The maximum absolute atomic E-state index is 13.3. The first-order valence-electron chi connectivity index (χ1n) is 26.6. The van der Waals surface area contributed by atoms with Gasteiger partial charge in [-0.2, -0.15) is 13.2 Å². The summed E-state index contributed by atoms with van der Waals surface area (Å²) in [6.07, 6.45) is 19.0. The number of aliphatic carboxylic acids is 1. The Kier molecular flexibility index (Phi) is 41.3. The fourth-order valence-electron chi connectivity index (χ4n) is 7.43. The summed E-state index contributed by atoms with van der Waals surface area (Å²) >= 11 is 0. The summed E-state index contributed by atoms with van der Waals surface area (Å²) < 4.78 is 65.5. The van der Waals surface area contributed by atoms with Gasteiger partial charge in [0, 0.05) is 50.6 Å². The summed E-state index contributed by atoms with van der Waals surface area (Å²) in [4.78, 5) is 85.8. The molecule has 15 nitrogen and oxygen atoms in total. The molecule has 2 N–H and O–H groups in total. The topological polar surface area (TPSA) is 207 Å². The number of hydrogen-bond acceptors (Lipinski definition) is 14. The second-order valence-corrected chi connectivity index (χ2v) is 18.5. The summed E-state index contributed by atoms with van der Waals surface area (Å²) in [5.74, 6) is -6.58. The third-order valence-electron chi connectivity index (χ3n) is 11.7. The van der Waals surface area contributed by atoms with Gasteiger partial charge in [0.1, 0.15) is 0 Å². The highest BCUT2D eigenvalue weighted by Gasteiger charge is 2.38. The number of nitrogens with one attached hydrogen (secondary N) is 1. The number of rotatable bonds is 42. The fraction of sp³-hybridized carbons (Fsp3) is 0.865. The van der Waals surface area contributed by atoms with Crippen LogP contribution in [0.3, 0.4) is 0 Å². The molecule has 1 saturated heterocycles. The van der Waals surface area contributed by atoms with Crippen LogP contribution in [0.1, 0.15) is 220 Å². The quantitative estimate of drug-likeness (QED) is 0.0331. The summed E-state index contributed by atoms with van der Waals surface area (Å²) in [6.45, 7) is 8.77. The second kappa shape index (κ2) is 43.8. The van der Waals surface area contributed by atoms with Gasteiger partial charge >= 0.3 is 48.0 Å². The average molecular weight is 1010 g/mol. The van der Waals surface area contributed by atoms with Crippen molar-refractivity contribution in [3.63, 3.8) is 0 Å². The standard InChI is InChI=1S/C50H89NO12.C2HF3O2/c1-5-9-13-17-21-25-29-45(52)58-37-41(38-59-46(53)30-26-22-18-14-10-6-2)33-49(56)62-43-35-51-36-44(43)63-50(57)34-42(39-60-47(54)31-27-23-19-15-11-7-3)40-61-48(55)32-28-24-20-16-12-8-4;3-2(4,5)1(6)7/h41-44,51H,5-40H2,1-4H3;(H,6,7)/t43-,44+;. The van der Waals surface area contributed by atoms with E-state index in [0.717, 1.165) is 128 Å². The highest BCUT2D eigenvalue weighted by Crippen LogP contribution is 2.19. The van der Waals surface area contributed by atoms with Crippen molar-refractivity contribution in [1.82, 2.24) is 5.32 Å². The molecule has 408 valence electrons. The molecule has 0 amide bonds. The van der Waals surface area contributed by atoms with Gasteiger partial charge in [0.15, 0.2) is 12.2 Å². The molecule has 0 saturated carbocycles. The molecule has 0 bridgehead atoms. The smallest absolute Gasteiger partial charge is 0.475 e. The second-order valence-electron chi connectivity index (χ2n) is 18.5. The predicted molar refractivity (Wildman–Crippen MR) is 258 cm³/mol. The number of carboxylic acids is 1. The molecule has 0 aromatic carbocycles. The lowest BCUT2D eigenvalue weighted by Crippen LogP contribution is -2.36. The number of carboxylic acid groups (broad SMARTS) is 1. The van der Waals surface area contributed by atoms with E-state index >= 15 is 0 Å². The van der Waals surface area contributed by atoms with Crippen LogP contribution in [0, 0.1) is 11.8 Å². The zero-order valence-electron chi connectivity index (χ0n) is 43.2. The van der Waals surface area contributed by atoms with Gasteiger partial charge in [0.2, 0.25) is 0 Å². The van der Waals surface area contributed by atoms with E-state index in [-0.39, 0.29) is 102 Å². The zero-order chi connectivity index (χ0) is 52.3. The lowest BCUT2D eigenvalue weighted by atomic mass is 10.1. The number of carbonyl (C=O) groups is 7. The minimum Gasteiger partial charge on any atom is -0.475 e. The zero-order valence-corrected chi connectivity index (χ0v) is 43.2. The van der Waals surface area contributed by atoms with Crippen molar-refractivity contribution < 1.29 is 80.3 Å². The Morgan fingerprint density at radius 1 is 0.429 bits per heavy atom. The largest absolute Gasteiger partial charge is 0.490 e. The van der Waals surface area contributed by atoms with E-state index in [1.54, 1.807) is 0 Å². The van der Waals surface area contributed by atoms with Crippen molar-refractivity contribution in [3.8, 4) is 0 Å². The van der Waals surface area contributed by atoms with Crippen LogP contribution in [-0.4, -0.2) is 105 Å². The van der Waals surface area contributed by atoms with Crippen LogP contribution in [0.5, 0.6) is 0 Å². The van der Waals surface area contributed by atoms with E-state index in [1.165, 1.54) is 25.7 Å². The van der Waals surface area contributed by atoms with E-state index < -0.39 is 48.1 Å². The maximum Gasteiger partial charge on any atom is 0.490 e. The van der Waals surface area contributed by atoms with E-state index in [2.05, 4.69) is 33.0 Å². The molecule has 1 heterocycles. The lowest BCUT2D eigenvalue weighted by molar-refractivity contribution is -0.192. The molecule has 1 aliphatic heterocycles. The van der Waals surface area contributed by atoms with Crippen LogP contribution >= 0.6 is 0 Å². The van der Waals surface area contributed by atoms with Crippen molar-refractivity contribution in [3.05, 3.63) is 0 Å². The average Bonchev–Trinajstić information content (AvgIpc) is 3.75. The van der Waals surface area contributed by atoms with Crippen LogP contribution in [0.4, 0.5) is 13.2 Å². The van der Waals surface area contributed by atoms with E-state index in [0.29, 0.717) is 0 Å². The molecule has 1 aliphatic rings. The van der Waals surface area contributed by atoms with Crippen molar-refractivity contribution >= 4 is 41.8 Å². The van der Waals surface area contributed by atoms with Gasteiger partial charge in [-0.05, 0) is 25.7 Å². The third kappa shape index (κ3) is 39.7. The minimum atomic E-state index is -5.08. The fourth-order valence-corrected chi connectivity index (χ4v) is 7.43. The predicted octanol–water partition coefficient (Wildman–Crippen LogP) is 11.2. The number of unbranched alkanes of at least 4 members (excludes halogenated alkanes) is 20. The summed E-state index contributed by atoms with van der Waals surface area (Å²) in [6, 6.07) is 0. The number of hydrogen-bond donors (Lipinski definition) is 2. The van der Waals surface area contributed by atoms with Crippen LogP contribution in [0.15, 0.2) is 0 Å². The Hall–Kier alpha value is -3.96. The molecule has 0 aromatic rings. The van der Waals surface area contributed by atoms with Gasteiger partial charge in [-0.25, -0.2) is 4.79 Å². The van der Waals surface area contributed by atoms with Crippen molar-refractivity contribution in [1.29, 1.82) is 0 Å². The first-order chi connectivity index (χ1) is 33.6. The monoisotopic (exact) mass is 1010 g/mol. The number of halogens is 3. The highest BCUT2D eigenvalue weighted by atomic mass is 19.4. The number of alkyl halides is 3. The van der Waals surface area contributed by atoms with Gasteiger partial charge in [-0.1, -0.05) is 156 Å². The van der Waals surface area contributed by atoms with Gasteiger partial charge in [-0.3, -0.25) is 28.8 Å². The van der Waals surface area contributed by atoms with Crippen LogP contribution in [0.2, 0.25) is 0 Å². The first kappa shape index (κ1) is 66.0. The molecule has 0 radical (unpaired) electrons. The first-order valence-corrected chi connectivity index (χ1v) is 26.6. The lowest BCUT2D eigenvalue weighted by Gasteiger charge is -2.23. The number of carbonyl (C=O) groups excluding carboxylic acids is 6. The minimum absolute atomic E-state index is 0.0934. The Balaban J connectivity index is 0.00000628. The molecule has 18 heteroatoms. The van der Waals surface area contributed by atoms with Crippen LogP contribution in [0.25, 0.3) is 0 Å². The highest BCUT2D eigenvalue weighted by molar-refractivity contribution is 5.74. The molecule has 0 aromatic heterocycles. The van der Waals surface area contributed by atoms with Gasteiger partial charge in [0.25, 0.3) is 0 Å². The van der Waals surface area contributed by atoms with Crippen molar-refractivity contribution in [2.24, 2.45) is 11.8 Å². The van der Waals surface area contributed by atoms with Gasteiger partial charge in [-0.15, -0.1) is 0 Å². The van der Waals surface area contributed by atoms with Crippen LogP contribution < -0.4 is 5.32 Å². The molecule has 70 heavy (non-hydrogen) atoms. The van der Waals surface area contributed by atoms with E-state index in [4.69, 9.17) is 38.3 Å². The molecular formula is C52H90F3NO14. The van der Waals surface area contributed by atoms with Crippen LogP contribution in [-0.2, 0) is 62.0 Å². The molecule has 1 fully saturated rings. The number of esters is 6. The van der Waals surface area contributed by atoms with Crippen molar-refractivity contribution in [2.75, 3.05) is 39.5 Å². The Morgan fingerprint density at radius 2 is 0.657 bits per heavy atom. The van der Waals surface area contributed by atoms with E-state index in [1.807, 2.05) is 0 Å². The Bertz CT molecular complexity index is 1260. The Labute approximate surface area is 416 Å². The normalized spacial score (nSPS) is 14.4. The van der Waals surface area contributed by atoms with Gasteiger partial charge in [0.05, 0.1) is 39.3 Å². The SMILES string of the molecule is CCCCCCCCC(=O)OCC(COC(=O)CCCCCCCC)CC(=O)O[C@H]1CNC[C@H]1OC(=O)CC(COC(=O)CCCCCCCC)COC(=O)CCCCCCCC.O=C(O)C(F)(F)F. The molecule has 1 rings (SSSR count). The number of ether oxygens (including phenoxy) is 6. The third-order valence-corrected chi connectivity index (χ3v) is 11.7.